The first kappa shape index (κ1) is 23.5. The van der Waals surface area contributed by atoms with Crippen molar-refractivity contribution < 1.29 is 22.9 Å². The summed E-state index contributed by atoms with van der Waals surface area (Å²) in [6, 6.07) is 11.9. The number of ether oxygens (including phenoxy) is 1. The first-order valence-corrected chi connectivity index (χ1v) is 11.9. The standard InChI is InChI=1S/C22H23N5O6S/c1-15-3-8-19(34(31,32)25-9-11-33-12-10-25)14-20(15)22(28)23-21-13-16(2)24-26(21)17-4-6-18(7-5-17)27(29)30/h3-8,13-14H,9-12H2,1-2H3,(H,23,28). The molecule has 0 spiro atoms. The molecule has 0 radical (unpaired) electrons. The quantitative estimate of drug-likeness (QED) is 0.419. The van der Waals surface area contributed by atoms with Gasteiger partial charge in [-0.3, -0.25) is 14.9 Å². The molecule has 0 unspecified atom stereocenters. The van der Waals surface area contributed by atoms with Crippen molar-refractivity contribution in [1.29, 1.82) is 0 Å². The molecule has 3 aromatic rings. The van der Waals surface area contributed by atoms with Gasteiger partial charge in [-0.25, -0.2) is 13.1 Å². The molecule has 1 aliphatic heterocycles. The Morgan fingerprint density at radius 2 is 1.76 bits per heavy atom. The molecule has 1 amide bonds. The third-order valence-electron chi connectivity index (χ3n) is 5.44. The van der Waals surface area contributed by atoms with Crippen molar-refractivity contribution in [2.75, 3.05) is 31.6 Å². The second-order valence-corrected chi connectivity index (χ2v) is 9.74. The van der Waals surface area contributed by atoms with Gasteiger partial charge < -0.3 is 10.1 Å². The number of hydrogen-bond donors (Lipinski definition) is 1. The number of non-ortho nitro benzene ring substituents is 1. The van der Waals surface area contributed by atoms with Crippen LogP contribution in [0.4, 0.5) is 11.5 Å². The Morgan fingerprint density at radius 3 is 2.41 bits per heavy atom. The maximum Gasteiger partial charge on any atom is 0.269 e. The van der Waals surface area contributed by atoms with Crippen molar-refractivity contribution in [1.82, 2.24) is 14.1 Å². The Morgan fingerprint density at radius 1 is 1.09 bits per heavy atom. The summed E-state index contributed by atoms with van der Waals surface area (Å²) in [5.41, 5.74) is 1.90. The lowest BCUT2D eigenvalue weighted by molar-refractivity contribution is -0.384. The Kier molecular flexibility index (Phi) is 6.46. The number of morpholine rings is 1. The minimum Gasteiger partial charge on any atom is -0.379 e. The highest BCUT2D eigenvalue weighted by Crippen LogP contribution is 2.24. The number of aromatic nitrogens is 2. The monoisotopic (exact) mass is 485 g/mol. The minimum absolute atomic E-state index is 0.0326. The van der Waals surface area contributed by atoms with Crippen LogP contribution in [-0.4, -0.2) is 59.6 Å². The second kappa shape index (κ2) is 9.33. The van der Waals surface area contributed by atoms with E-state index in [9.17, 15) is 23.3 Å². The number of amides is 1. The number of anilines is 1. The molecule has 2 aromatic carbocycles. The highest BCUT2D eigenvalue weighted by atomic mass is 32.2. The maximum atomic E-state index is 13.2. The van der Waals surface area contributed by atoms with Crippen LogP contribution < -0.4 is 5.32 Å². The molecule has 4 rings (SSSR count). The van der Waals surface area contributed by atoms with E-state index in [1.807, 2.05) is 0 Å². The topological polar surface area (TPSA) is 137 Å². The highest BCUT2D eigenvalue weighted by molar-refractivity contribution is 7.89. The van der Waals surface area contributed by atoms with E-state index in [4.69, 9.17) is 4.74 Å². The zero-order valence-corrected chi connectivity index (χ0v) is 19.4. The lowest BCUT2D eigenvalue weighted by Gasteiger charge is -2.26. The molecule has 12 heteroatoms. The summed E-state index contributed by atoms with van der Waals surface area (Å²) in [5, 5.41) is 18.1. The van der Waals surface area contributed by atoms with Gasteiger partial charge in [0.25, 0.3) is 11.6 Å². The molecule has 1 aromatic heterocycles. The third kappa shape index (κ3) is 4.69. The van der Waals surface area contributed by atoms with E-state index in [0.717, 1.165) is 0 Å². The fraction of sp³-hybridized carbons (Fsp3) is 0.273. The lowest BCUT2D eigenvalue weighted by Crippen LogP contribution is -2.40. The number of carbonyl (C=O) groups is 1. The van der Waals surface area contributed by atoms with Crippen molar-refractivity contribution >= 4 is 27.4 Å². The predicted molar refractivity (Wildman–Crippen MR) is 124 cm³/mol. The van der Waals surface area contributed by atoms with Gasteiger partial charge in [0.05, 0.1) is 34.4 Å². The largest absolute Gasteiger partial charge is 0.379 e. The molecule has 1 saturated heterocycles. The van der Waals surface area contributed by atoms with Gasteiger partial charge in [-0.05, 0) is 43.7 Å². The Labute approximate surface area is 196 Å². The number of nitro benzene ring substituents is 1. The van der Waals surface area contributed by atoms with E-state index < -0.39 is 20.9 Å². The van der Waals surface area contributed by atoms with Crippen molar-refractivity contribution in [3.63, 3.8) is 0 Å². The molecule has 2 heterocycles. The van der Waals surface area contributed by atoms with Crippen LogP contribution >= 0.6 is 0 Å². The number of nitro groups is 1. The van der Waals surface area contributed by atoms with Crippen LogP contribution in [0.3, 0.4) is 0 Å². The van der Waals surface area contributed by atoms with Crippen LogP contribution in [0.5, 0.6) is 0 Å². The van der Waals surface area contributed by atoms with Gasteiger partial charge in [0, 0.05) is 36.9 Å². The molecule has 1 fully saturated rings. The van der Waals surface area contributed by atoms with Gasteiger partial charge in [-0.2, -0.15) is 9.40 Å². The van der Waals surface area contributed by atoms with E-state index in [0.29, 0.717) is 36.0 Å². The molecule has 0 saturated carbocycles. The van der Waals surface area contributed by atoms with Gasteiger partial charge in [0.15, 0.2) is 0 Å². The van der Waals surface area contributed by atoms with Crippen LogP contribution in [0.1, 0.15) is 21.6 Å². The highest BCUT2D eigenvalue weighted by Gasteiger charge is 2.27. The molecule has 1 aliphatic rings. The van der Waals surface area contributed by atoms with Crippen LogP contribution in [0.25, 0.3) is 5.69 Å². The first-order valence-electron chi connectivity index (χ1n) is 10.5. The van der Waals surface area contributed by atoms with E-state index >= 15 is 0 Å². The van der Waals surface area contributed by atoms with Crippen molar-refractivity contribution in [3.8, 4) is 5.69 Å². The summed E-state index contributed by atoms with van der Waals surface area (Å²) >= 11 is 0. The van der Waals surface area contributed by atoms with Crippen LogP contribution in [-0.2, 0) is 14.8 Å². The molecule has 11 nitrogen and oxygen atoms in total. The van der Waals surface area contributed by atoms with Crippen LogP contribution in [0, 0.1) is 24.0 Å². The Bertz CT molecular complexity index is 1340. The summed E-state index contributed by atoms with van der Waals surface area (Å²) in [7, 11) is -3.77. The lowest BCUT2D eigenvalue weighted by atomic mass is 10.1. The summed E-state index contributed by atoms with van der Waals surface area (Å²) in [5.74, 6) is -0.156. The summed E-state index contributed by atoms with van der Waals surface area (Å²) < 4.78 is 34.1. The Balaban J connectivity index is 1.62. The van der Waals surface area contributed by atoms with Crippen molar-refractivity contribution in [2.45, 2.75) is 18.7 Å². The zero-order valence-electron chi connectivity index (χ0n) is 18.6. The number of nitrogens with one attached hydrogen (secondary N) is 1. The summed E-state index contributed by atoms with van der Waals surface area (Å²) in [6.07, 6.45) is 0. The smallest absolute Gasteiger partial charge is 0.269 e. The van der Waals surface area contributed by atoms with Crippen molar-refractivity contribution in [3.05, 3.63) is 75.5 Å². The fourth-order valence-electron chi connectivity index (χ4n) is 3.63. The first-order chi connectivity index (χ1) is 16.2. The number of hydrogen-bond acceptors (Lipinski definition) is 7. The molecular formula is C22H23N5O6S. The summed E-state index contributed by atoms with van der Waals surface area (Å²) in [4.78, 5) is 23.6. The number of nitrogens with zero attached hydrogens (tertiary/aromatic N) is 4. The number of carbonyl (C=O) groups excluding carboxylic acids is 1. The van der Waals surface area contributed by atoms with E-state index in [2.05, 4.69) is 10.4 Å². The van der Waals surface area contributed by atoms with Crippen LogP contribution in [0.15, 0.2) is 53.4 Å². The second-order valence-electron chi connectivity index (χ2n) is 7.80. The minimum atomic E-state index is -3.77. The molecule has 0 bridgehead atoms. The van der Waals surface area contributed by atoms with Gasteiger partial charge in [-0.15, -0.1) is 0 Å². The molecule has 34 heavy (non-hydrogen) atoms. The number of rotatable bonds is 6. The molecule has 1 N–H and O–H groups in total. The number of benzene rings is 2. The average molecular weight is 486 g/mol. The zero-order chi connectivity index (χ0) is 24.5. The van der Waals surface area contributed by atoms with E-state index in [1.165, 1.54) is 45.4 Å². The van der Waals surface area contributed by atoms with Gasteiger partial charge >= 0.3 is 0 Å². The fourth-order valence-corrected chi connectivity index (χ4v) is 5.06. The molecular weight excluding hydrogens is 462 g/mol. The summed E-state index contributed by atoms with van der Waals surface area (Å²) in [6.45, 7) is 4.63. The van der Waals surface area contributed by atoms with E-state index in [1.54, 1.807) is 26.0 Å². The number of aryl methyl sites for hydroxylation is 2. The van der Waals surface area contributed by atoms with Gasteiger partial charge in [0.1, 0.15) is 5.82 Å². The third-order valence-corrected chi connectivity index (χ3v) is 7.33. The maximum absolute atomic E-state index is 13.2. The molecule has 178 valence electrons. The van der Waals surface area contributed by atoms with Gasteiger partial charge in [-0.1, -0.05) is 6.07 Å². The van der Waals surface area contributed by atoms with Crippen molar-refractivity contribution in [2.24, 2.45) is 0 Å². The average Bonchev–Trinajstić information content (AvgIpc) is 3.19. The predicted octanol–water partition coefficient (Wildman–Crippen LogP) is 2.67. The van der Waals surface area contributed by atoms with Gasteiger partial charge in [0.2, 0.25) is 10.0 Å². The van der Waals surface area contributed by atoms with Crippen LogP contribution in [0.2, 0.25) is 0 Å². The van der Waals surface area contributed by atoms with E-state index in [-0.39, 0.29) is 29.2 Å². The Hall–Kier alpha value is -3.61. The number of sulfonamides is 1. The normalized spacial score (nSPS) is 14.6. The molecule has 0 atom stereocenters. The molecule has 0 aliphatic carbocycles. The SMILES string of the molecule is Cc1cc(NC(=O)c2cc(S(=O)(=O)N3CCOCC3)ccc2C)n(-c2ccc([N+](=O)[O-])cc2)n1.